The van der Waals surface area contributed by atoms with Gasteiger partial charge in [-0.25, -0.2) is 4.98 Å². The predicted octanol–water partition coefficient (Wildman–Crippen LogP) is 1.86. The van der Waals surface area contributed by atoms with Crippen LogP contribution in [0, 0.1) is 12.8 Å². The third-order valence-corrected chi connectivity index (χ3v) is 2.91. The van der Waals surface area contributed by atoms with Gasteiger partial charge in [0.05, 0.1) is 0 Å². The number of oxazole rings is 1. The fraction of sp³-hybridized carbons (Fsp3) is 0.636. The highest BCUT2D eigenvalue weighted by atomic mass is 16.3. The molecule has 0 radical (unpaired) electrons. The number of likely N-dealkylation sites (tertiary alicyclic amines) is 1. The van der Waals surface area contributed by atoms with Gasteiger partial charge in [0.25, 0.3) is 5.91 Å². The van der Waals surface area contributed by atoms with Crippen LogP contribution in [0.5, 0.6) is 0 Å². The maximum absolute atomic E-state index is 11.9. The van der Waals surface area contributed by atoms with E-state index >= 15 is 0 Å². The molecule has 0 N–H and O–H groups in total. The summed E-state index contributed by atoms with van der Waals surface area (Å²) in [5.74, 6) is 1.27. The van der Waals surface area contributed by atoms with E-state index in [4.69, 9.17) is 4.42 Å². The summed E-state index contributed by atoms with van der Waals surface area (Å²) in [6.45, 7) is 5.65. The Kier molecular flexibility index (Phi) is 2.75. The molecule has 1 aromatic rings. The van der Waals surface area contributed by atoms with Crippen LogP contribution >= 0.6 is 0 Å². The van der Waals surface area contributed by atoms with Crippen LogP contribution in [0.2, 0.25) is 0 Å². The molecule has 1 aliphatic heterocycles. The molecule has 2 rings (SSSR count). The van der Waals surface area contributed by atoms with Crippen molar-refractivity contribution in [3.05, 3.63) is 17.8 Å². The fourth-order valence-corrected chi connectivity index (χ4v) is 1.84. The molecule has 0 atom stereocenters. The van der Waals surface area contributed by atoms with Gasteiger partial charge < -0.3 is 9.32 Å². The lowest BCUT2D eigenvalue weighted by atomic mass is 9.99. The van der Waals surface area contributed by atoms with Crippen molar-refractivity contribution in [2.75, 3.05) is 13.1 Å². The monoisotopic (exact) mass is 208 g/mol. The summed E-state index contributed by atoms with van der Waals surface area (Å²) >= 11 is 0. The first-order valence-electron chi connectivity index (χ1n) is 5.38. The zero-order valence-electron chi connectivity index (χ0n) is 9.19. The molecular weight excluding hydrogens is 192 g/mol. The van der Waals surface area contributed by atoms with Crippen LogP contribution in [0.15, 0.2) is 10.7 Å². The van der Waals surface area contributed by atoms with E-state index < -0.39 is 0 Å². The highest BCUT2D eigenvalue weighted by Gasteiger charge is 2.23. The smallest absolute Gasteiger partial charge is 0.275 e. The maximum Gasteiger partial charge on any atom is 0.275 e. The summed E-state index contributed by atoms with van der Waals surface area (Å²) < 4.78 is 5.04. The van der Waals surface area contributed by atoms with E-state index in [0.29, 0.717) is 11.6 Å². The minimum absolute atomic E-state index is 0.00116. The van der Waals surface area contributed by atoms with Gasteiger partial charge in [-0.15, -0.1) is 0 Å². The third kappa shape index (κ3) is 2.19. The number of piperidine rings is 1. The van der Waals surface area contributed by atoms with E-state index in [-0.39, 0.29) is 5.91 Å². The molecule has 15 heavy (non-hydrogen) atoms. The molecule has 82 valence electrons. The van der Waals surface area contributed by atoms with Crippen molar-refractivity contribution in [2.45, 2.75) is 26.7 Å². The standard InChI is InChI=1S/C11H16N2O2/c1-8-3-5-13(6-4-8)11(14)10-7-15-9(2)12-10/h7-8H,3-6H2,1-2H3. The minimum Gasteiger partial charge on any atom is -0.448 e. The number of amides is 1. The van der Waals surface area contributed by atoms with E-state index in [1.165, 1.54) is 6.26 Å². The Bertz CT molecular complexity index is 351. The van der Waals surface area contributed by atoms with Crippen molar-refractivity contribution < 1.29 is 9.21 Å². The van der Waals surface area contributed by atoms with Crippen molar-refractivity contribution in [1.29, 1.82) is 0 Å². The molecule has 4 heteroatoms. The van der Waals surface area contributed by atoms with Gasteiger partial charge >= 0.3 is 0 Å². The Morgan fingerprint density at radius 2 is 2.20 bits per heavy atom. The Hall–Kier alpha value is -1.32. The van der Waals surface area contributed by atoms with Crippen LogP contribution in [0.25, 0.3) is 0 Å². The van der Waals surface area contributed by atoms with Crippen LogP contribution in [0.3, 0.4) is 0 Å². The normalized spacial score (nSPS) is 18.1. The van der Waals surface area contributed by atoms with Crippen molar-refractivity contribution >= 4 is 5.91 Å². The minimum atomic E-state index is -0.00116. The van der Waals surface area contributed by atoms with Crippen molar-refractivity contribution in [3.8, 4) is 0 Å². The average molecular weight is 208 g/mol. The summed E-state index contributed by atoms with van der Waals surface area (Å²) in [6.07, 6.45) is 3.61. The van der Waals surface area contributed by atoms with Crippen molar-refractivity contribution in [3.63, 3.8) is 0 Å². The van der Waals surface area contributed by atoms with Crippen LogP contribution in [-0.4, -0.2) is 28.9 Å². The molecule has 4 nitrogen and oxygen atoms in total. The molecular formula is C11H16N2O2. The zero-order valence-corrected chi connectivity index (χ0v) is 9.19. The average Bonchev–Trinajstić information content (AvgIpc) is 2.65. The number of hydrogen-bond donors (Lipinski definition) is 0. The molecule has 1 amide bonds. The lowest BCUT2D eigenvalue weighted by Gasteiger charge is -2.29. The molecule has 0 spiro atoms. The van der Waals surface area contributed by atoms with Crippen LogP contribution in [0.1, 0.15) is 36.1 Å². The SMILES string of the molecule is Cc1nc(C(=O)N2CCC(C)CC2)co1. The molecule has 0 bridgehead atoms. The van der Waals surface area contributed by atoms with Crippen LogP contribution in [0.4, 0.5) is 0 Å². The van der Waals surface area contributed by atoms with Crippen molar-refractivity contribution in [1.82, 2.24) is 9.88 Å². The van der Waals surface area contributed by atoms with Gasteiger partial charge in [0.15, 0.2) is 11.6 Å². The number of carbonyl (C=O) groups is 1. The molecule has 2 heterocycles. The highest BCUT2D eigenvalue weighted by Crippen LogP contribution is 2.17. The van der Waals surface area contributed by atoms with Crippen LogP contribution in [-0.2, 0) is 0 Å². The Morgan fingerprint density at radius 3 is 2.73 bits per heavy atom. The van der Waals surface area contributed by atoms with Gasteiger partial charge in [-0.1, -0.05) is 6.92 Å². The number of aryl methyl sites for hydroxylation is 1. The molecule has 1 saturated heterocycles. The van der Waals surface area contributed by atoms with Gasteiger partial charge in [0.2, 0.25) is 0 Å². The second-order valence-corrected chi connectivity index (χ2v) is 4.23. The Balaban J connectivity index is 2.02. The van der Waals surface area contributed by atoms with E-state index in [1.807, 2.05) is 4.90 Å². The topological polar surface area (TPSA) is 46.3 Å². The second-order valence-electron chi connectivity index (χ2n) is 4.23. The molecule has 0 unspecified atom stereocenters. The van der Waals surface area contributed by atoms with Crippen molar-refractivity contribution in [2.24, 2.45) is 5.92 Å². The highest BCUT2D eigenvalue weighted by molar-refractivity contribution is 5.92. The molecule has 0 saturated carbocycles. The first kappa shape index (κ1) is 10.2. The molecule has 0 aromatic carbocycles. The first-order valence-corrected chi connectivity index (χ1v) is 5.38. The van der Waals surface area contributed by atoms with Gasteiger partial charge in [0.1, 0.15) is 6.26 Å². The first-order chi connectivity index (χ1) is 7.16. The quantitative estimate of drug-likeness (QED) is 0.707. The van der Waals surface area contributed by atoms with Crippen LogP contribution < -0.4 is 0 Å². The Morgan fingerprint density at radius 1 is 1.53 bits per heavy atom. The summed E-state index contributed by atoms with van der Waals surface area (Å²) in [5, 5.41) is 0. The van der Waals surface area contributed by atoms with Gasteiger partial charge in [-0.05, 0) is 18.8 Å². The number of hydrogen-bond acceptors (Lipinski definition) is 3. The maximum atomic E-state index is 11.9. The van der Waals surface area contributed by atoms with Gasteiger partial charge in [0, 0.05) is 20.0 Å². The number of nitrogens with zero attached hydrogens (tertiary/aromatic N) is 2. The number of aromatic nitrogens is 1. The third-order valence-electron chi connectivity index (χ3n) is 2.91. The second kappa shape index (κ2) is 4.04. The van der Waals surface area contributed by atoms with E-state index in [0.717, 1.165) is 31.8 Å². The summed E-state index contributed by atoms with van der Waals surface area (Å²) in [4.78, 5) is 17.8. The number of carbonyl (C=O) groups excluding carboxylic acids is 1. The van der Waals surface area contributed by atoms with Gasteiger partial charge in [-0.3, -0.25) is 4.79 Å². The Labute approximate surface area is 89.3 Å². The predicted molar refractivity (Wildman–Crippen MR) is 55.5 cm³/mol. The van der Waals surface area contributed by atoms with E-state index in [1.54, 1.807) is 6.92 Å². The molecule has 0 aliphatic carbocycles. The van der Waals surface area contributed by atoms with E-state index in [2.05, 4.69) is 11.9 Å². The zero-order chi connectivity index (χ0) is 10.8. The molecule has 1 fully saturated rings. The van der Waals surface area contributed by atoms with Gasteiger partial charge in [-0.2, -0.15) is 0 Å². The molecule has 1 aromatic heterocycles. The summed E-state index contributed by atoms with van der Waals surface area (Å²) in [5.41, 5.74) is 0.432. The molecule has 1 aliphatic rings. The fourth-order valence-electron chi connectivity index (χ4n) is 1.84. The summed E-state index contributed by atoms with van der Waals surface area (Å²) in [6, 6.07) is 0. The summed E-state index contributed by atoms with van der Waals surface area (Å²) in [7, 11) is 0. The van der Waals surface area contributed by atoms with E-state index in [9.17, 15) is 4.79 Å². The number of rotatable bonds is 1. The lowest BCUT2D eigenvalue weighted by Crippen LogP contribution is -2.38. The largest absolute Gasteiger partial charge is 0.448 e. The lowest BCUT2D eigenvalue weighted by molar-refractivity contribution is 0.0691.